The van der Waals surface area contributed by atoms with E-state index in [4.69, 9.17) is 0 Å². The zero-order valence-electron chi connectivity index (χ0n) is 19.4. The first-order chi connectivity index (χ1) is 14.4. The lowest BCUT2D eigenvalue weighted by molar-refractivity contribution is 0.204. The highest BCUT2D eigenvalue weighted by Crippen LogP contribution is 2.59. The maximum atomic E-state index is 13.7. The summed E-state index contributed by atoms with van der Waals surface area (Å²) in [4.78, 5) is 29.9. The van der Waals surface area contributed by atoms with Crippen molar-refractivity contribution in [2.75, 3.05) is 0 Å². The second-order valence-corrected chi connectivity index (χ2v) is 11.7. The van der Waals surface area contributed by atoms with E-state index < -0.39 is 11.1 Å². The highest BCUT2D eigenvalue weighted by atomic mass is 33.1. The maximum absolute atomic E-state index is 13.7. The van der Waals surface area contributed by atoms with E-state index in [0.29, 0.717) is 5.69 Å². The smallest absolute Gasteiger partial charge is 0.245 e. The zero-order chi connectivity index (χ0) is 22.9. The van der Waals surface area contributed by atoms with Gasteiger partial charge in [-0.05, 0) is 67.5 Å². The predicted octanol–water partition coefficient (Wildman–Crippen LogP) is 5.56. The summed E-state index contributed by atoms with van der Waals surface area (Å²) in [5.41, 5.74) is 3.30. The highest BCUT2D eigenvalue weighted by Gasteiger charge is 2.50. The lowest BCUT2D eigenvalue weighted by Gasteiger charge is -2.48. The van der Waals surface area contributed by atoms with Crippen LogP contribution in [-0.4, -0.2) is 13.9 Å². The maximum Gasteiger partial charge on any atom is 0.352 e. The van der Waals surface area contributed by atoms with Crippen molar-refractivity contribution in [2.24, 2.45) is 0 Å². The van der Waals surface area contributed by atoms with E-state index in [1.807, 2.05) is 45.9 Å². The van der Waals surface area contributed by atoms with Gasteiger partial charge in [-0.1, -0.05) is 50.9 Å². The van der Waals surface area contributed by atoms with Crippen LogP contribution in [0.5, 0.6) is 0 Å². The van der Waals surface area contributed by atoms with E-state index in [0.717, 1.165) is 11.1 Å². The Labute approximate surface area is 190 Å². The summed E-state index contributed by atoms with van der Waals surface area (Å²) in [5.74, 6) is 0. The molecule has 0 radical (unpaired) electrons. The van der Waals surface area contributed by atoms with Gasteiger partial charge in [-0.3, -0.25) is 0 Å². The normalized spacial score (nSPS) is 19.2. The van der Waals surface area contributed by atoms with E-state index in [1.165, 1.54) is 25.5 Å². The van der Waals surface area contributed by atoms with Gasteiger partial charge in [0.1, 0.15) is 0 Å². The van der Waals surface area contributed by atoms with Gasteiger partial charge in [-0.2, -0.15) is 0 Å². The van der Waals surface area contributed by atoms with Crippen LogP contribution in [0.2, 0.25) is 0 Å². The van der Waals surface area contributed by atoms with Gasteiger partial charge in [0.15, 0.2) is 0 Å². The van der Waals surface area contributed by atoms with E-state index >= 15 is 0 Å². The molecular formula is C24H29N3O2S2. The van der Waals surface area contributed by atoms with Gasteiger partial charge in [0.05, 0.1) is 16.8 Å². The number of para-hydroxylation sites is 1. The van der Waals surface area contributed by atoms with Crippen molar-refractivity contribution < 1.29 is 0 Å². The average molecular weight is 456 g/mol. The first-order valence-corrected chi connectivity index (χ1v) is 12.6. The van der Waals surface area contributed by atoms with Gasteiger partial charge >= 0.3 is 11.4 Å². The summed E-state index contributed by atoms with van der Waals surface area (Å²) in [6, 6.07) is 9.18. The molecule has 4 rings (SSSR count). The number of hydrogen-bond acceptors (Lipinski definition) is 4. The molecule has 0 amide bonds. The molecule has 0 aliphatic carbocycles. The molecule has 3 heterocycles. The van der Waals surface area contributed by atoms with Crippen LogP contribution < -0.4 is 11.4 Å². The molecule has 31 heavy (non-hydrogen) atoms. The van der Waals surface area contributed by atoms with E-state index in [1.54, 1.807) is 43.1 Å². The molecule has 0 N–H and O–H groups in total. The molecule has 0 saturated heterocycles. The van der Waals surface area contributed by atoms with Gasteiger partial charge in [-0.15, -0.1) is 0 Å². The monoisotopic (exact) mass is 455 g/mol. The molecule has 7 heteroatoms. The van der Waals surface area contributed by atoms with Gasteiger partial charge in [0.25, 0.3) is 0 Å². The lowest BCUT2D eigenvalue weighted by Crippen LogP contribution is -2.54. The Balaban J connectivity index is 2.19. The van der Waals surface area contributed by atoms with Crippen LogP contribution in [0.1, 0.15) is 55.4 Å². The van der Waals surface area contributed by atoms with Crippen molar-refractivity contribution in [1.29, 1.82) is 0 Å². The fourth-order valence-electron chi connectivity index (χ4n) is 4.66. The van der Waals surface area contributed by atoms with Gasteiger partial charge in [-0.25, -0.2) is 23.5 Å². The third-order valence-electron chi connectivity index (χ3n) is 6.06. The van der Waals surface area contributed by atoms with Crippen LogP contribution in [0, 0.1) is 0 Å². The molecule has 0 saturated carbocycles. The van der Waals surface area contributed by atoms with Crippen molar-refractivity contribution in [2.45, 2.75) is 66.5 Å². The van der Waals surface area contributed by atoms with Crippen LogP contribution in [0.15, 0.2) is 72.0 Å². The SMILES string of the molecule is CC(C)=C1SSC(=C(C)C)C2=C1C(C)(C)n1c(=O)n(-c3ccccc3)c(=O)n1C2(C)C. The number of aromatic nitrogens is 3. The van der Waals surface area contributed by atoms with Crippen LogP contribution in [0.4, 0.5) is 0 Å². The number of nitrogens with zero attached hydrogens (tertiary/aromatic N) is 3. The fourth-order valence-corrected chi connectivity index (χ4v) is 8.03. The van der Waals surface area contributed by atoms with Crippen molar-refractivity contribution in [1.82, 2.24) is 13.9 Å². The molecule has 2 aromatic rings. The first kappa shape index (κ1) is 22.1. The van der Waals surface area contributed by atoms with E-state index in [-0.39, 0.29) is 11.4 Å². The second-order valence-electron chi connectivity index (χ2n) is 9.55. The third-order valence-corrected chi connectivity index (χ3v) is 8.95. The van der Waals surface area contributed by atoms with E-state index in [9.17, 15) is 9.59 Å². The average Bonchev–Trinajstić information content (AvgIpc) is 2.98. The molecule has 2 aliphatic heterocycles. The molecule has 2 aliphatic rings. The number of allylic oxidation sites excluding steroid dienone is 4. The minimum atomic E-state index is -0.692. The fraction of sp³-hybridized carbons (Fsp3) is 0.417. The first-order valence-electron chi connectivity index (χ1n) is 10.4. The summed E-state index contributed by atoms with van der Waals surface area (Å²) in [5, 5.41) is 0. The standard InChI is InChI=1S/C24H29N3O2S2/c1-14(2)19-17-18(20(15(3)4)31-30-19)24(7,8)27-22(29)25(16-12-10-9-11-13-16)21(28)26(27)23(17,5)6/h9-13H,1-8H3. The summed E-state index contributed by atoms with van der Waals surface area (Å²) >= 11 is 0. The lowest BCUT2D eigenvalue weighted by atomic mass is 9.78. The van der Waals surface area contributed by atoms with Crippen LogP contribution >= 0.6 is 21.6 Å². The minimum absolute atomic E-state index is 0.309. The third kappa shape index (κ3) is 3.00. The second kappa shape index (κ2) is 7.20. The number of benzene rings is 1. The Morgan fingerprint density at radius 1 is 0.710 bits per heavy atom. The Morgan fingerprint density at radius 3 is 1.45 bits per heavy atom. The predicted molar refractivity (Wildman–Crippen MR) is 132 cm³/mol. The van der Waals surface area contributed by atoms with Crippen molar-refractivity contribution in [3.8, 4) is 5.69 Å². The van der Waals surface area contributed by atoms with Gasteiger partial charge in [0, 0.05) is 21.0 Å². The topological polar surface area (TPSA) is 48.9 Å². The van der Waals surface area contributed by atoms with Crippen LogP contribution in [0.25, 0.3) is 5.69 Å². The van der Waals surface area contributed by atoms with Crippen LogP contribution in [0.3, 0.4) is 0 Å². The summed E-state index contributed by atoms with van der Waals surface area (Å²) in [7, 11) is 3.51. The zero-order valence-corrected chi connectivity index (χ0v) is 21.0. The molecule has 0 atom stereocenters. The Morgan fingerprint density at radius 2 is 1.10 bits per heavy atom. The largest absolute Gasteiger partial charge is 0.352 e. The Kier molecular flexibility index (Phi) is 5.13. The van der Waals surface area contributed by atoms with Crippen LogP contribution in [-0.2, 0) is 11.1 Å². The molecule has 164 valence electrons. The van der Waals surface area contributed by atoms with Crippen molar-refractivity contribution in [3.05, 3.63) is 83.4 Å². The van der Waals surface area contributed by atoms with Crippen molar-refractivity contribution >= 4 is 21.6 Å². The van der Waals surface area contributed by atoms with Crippen molar-refractivity contribution in [3.63, 3.8) is 0 Å². The quantitative estimate of drug-likeness (QED) is 0.528. The molecule has 0 bridgehead atoms. The summed E-state index contributed by atoms with van der Waals surface area (Å²) in [6.45, 7) is 16.7. The molecule has 0 unspecified atom stereocenters. The molecule has 1 aromatic carbocycles. The van der Waals surface area contributed by atoms with E-state index in [2.05, 4.69) is 27.7 Å². The molecule has 0 fully saturated rings. The molecular weight excluding hydrogens is 426 g/mol. The minimum Gasteiger partial charge on any atom is -0.245 e. The number of fused-ring (bicyclic) bond motifs is 1. The number of rotatable bonds is 1. The summed E-state index contributed by atoms with van der Waals surface area (Å²) in [6.07, 6.45) is 0. The molecule has 1 aromatic heterocycles. The molecule has 0 spiro atoms. The Hall–Kier alpha value is -2.12. The summed E-state index contributed by atoms with van der Waals surface area (Å²) < 4.78 is 4.64. The van der Waals surface area contributed by atoms with Gasteiger partial charge < -0.3 is 0 Å². The number of hydrogen-bond donors (Lipinski definition) is 0. The highest BCUT2D eigenvalue weighted by molar-refractivity contribution is 8.79. The Bertz CT molecular complexity index is 1210. The molecule has 5 nitrogen and oxygen atoms in total. The van der Waals surface area contributed by atoms with Gasteiger partial charge in [0.2, 0.25) is 0 Å².